The Bertz CT molecular complexity index is 513. The van der Waals surface area contributed by atoms with E-state index in [0.29, 0.717) is 22.7 Å². The Labute approximate surface area is 123 Å². The van der Waals surface area contributed by atoms with Gasteiger partial charge in [0.05, 0.1) is 16.0 Å². The fourth-order valence-corrected chi connectivity index (χ4v) is 1.79. The van der Waals surface area contributed by atoms with Crippen molar-refractivity contribution in [3.8, 4) is 0 Å². The predicted molar refractivity (Wildman–Crippen MR) is 80.9 cm³/mol. The van der Waals surface area contributed by atoms with Crippen LogP contribution in [0.2, 0.25) is 5.02 Å². The fourth-order valence-electron chi connectivity index (χ4n) is 1.59. The van der Waals surface area contributed by atoms with Crippen LogP contribution >= 0.6 is 11.6 Å². The Morgan fingerprint density at radius 3 is 2.55 bits per heavy atom. The first-order chi connectivity index (χ1) is 9.37. The minimum atomic E-state index is -0.632. The molecular formula is C14H20ClN3O2. The van der Waals surface area contributed by atoms with E-state index in [0.717, 1.165) is 0 Å². The molecule has 5 nitrogen and oxygen atoms in total. The standard InChI is InChI=1S/C14H20ClN3O2/c1-4-14(2,8-16)13(20)18-9-5-6-11(15)10(7-9)12(19)17-3/h5-7H,4,8,16H2,1-3H3,(H,17,19)(H,18,20). The first kappa shape index (κ1) is 16.5. The van der Waals surface area contributed by atoms with Crippen LogP contribution in [0.1, 0.15) is 30.6 Å². The zero-order valence-electron chi connectivity index (χ0n) is 11.9. The Morgan fingerprint density at radius 1 is 1.40 bits per heavy atom. The zero-order valence-corrected chi connectivity index (χ0v) is 12.7. The van der Waals surface area contributed by atoms with Gasteiger partial charge in [0, 0.05) is 19.3 Å². The highest BCUT2D eigenvalue weighted by atomic mass is 35.5. The molecule has 0 aliphatic rings. The molecule has 1 rings (SSSR count). The molecule has 0 aliphatic heterocycles. The van der Waals surface area contributed by atoms with E-state index in [1.54, 1.807) is 25.1 Å². The molecule has 0 saturated carbocycles. The molecule has 0 spiro atoms. The second-order valence-electron chi connectivity index (χ2n) is 4.85. The summed E-state index contributed by atoms with van der Waals surface area (Å²) in [5.41, 5.74) is 5.85. The van der Waals surface area contributed by atoms with Gasteiger partial charge in [-0.2, -0.15) is 0 Å². The van der Waals surface area contributed by atoms with Gasteiger partial charge in [-0.3, -0.25) is 9.59 Å². The van der Waals surface area contributed by atoms with Crippen LogP contribution in [0.15, 0.2) is 18.2 Å². The van der Waals surface area contributed by atoms with Gasteiger partial charge in [-0.25, -0.2) is 0 Å². The molecular weight excluding hydrogens is 278 g/mol. The van der Waals surface area contributed by atoms with Crippen LogP contribution in [0.25, 0.3) is 0 Å². The first-order valence-electron chi connectivity index (χ1n) is 6.41. The lowest BCUT2D eigenvalue weighted by Gasteiger charge is -2.25. The number of hydrogen-bond donors (Lipinski definition) is 3. The molecule has 110 valence electrons. The summed E-state index contributed by atoms with van der Waals surface area (Å²) in [5, 5.41) is 5.61. The van der Waals surface area contributed by atoms with Crippen molar-refractivity contribution in [1.29, 1.82) is 0 Å². The zero-order chi connectivity index (χ0) is 15.3. The molecule has 0 saturated heterocycles. The van der Waals surface area contributed by atoms with E-state index in [-0.39, 0.29) is 18.4 Å². The smallest absolute Gasteiger partial charge is 0.252 e. The summed E-state index contributed by atoms with van der Waals surface area (Å²) in [6.45, 7) is 3.97. The molecule has 6 heteroatoms. The molecule has 20 heavy (non-hydrogen) atoms. The van der Waals surface area contributed by atoms with Crippen molar-refractivity contribution in [2.45, 2.75) is 20.3 Å². The molecule has 4 N–H and O–H groups in total. The number of rotatable bonds is 5. The van der Waals surface area contributed by atoms with Crippen LogP contribution in [0, 0.1) is 5.41 Å². The number of carbonyl (C=O) groups excluding carboxylic acids is 2. The third kappa shape index (κ3) is 3.49. The van der Waals surface area contributed by atoms with Gasteiger partial charge in [-0.1, -0.05) is 18.5 Å². The third-order valence-electron chi connectivity index (χ3n) is 3.47. The van der Waals surface area contributed by atoms with Gasteiger partial charge in [0.1, 0.15) is 0 Å². The Balaban J connectivity index is 3.00. The average Bonchev–Trinajstić information content (AvgIpc) is 2.47. The summed E-state index contributed by atoms with van der Waals surface area (Å²) in [4.78, 5) is 23.9. The van der Waals surface area contributed by atoms with Crippen molar-refractivity contribution in [1.82, 2.24) is 5.32 Å². The van der Waals surface area contributed by atoms with Crippen molar-refractivity contribution in [3.05, 3.63) is 28.8 Å². The number of halogens is 1. The van der Waals surface area contributed by atoms with Gasteiger partial charge in [-0.15, -0.1) is 0 Å². The highest BCUT2D eigenvalue weighted by Crippen LogP contribution is 2.24. The van der Waals surface area contributed by atoms with Gasteiger partial charge >= 0.3 is 0 Å². The normalized spacial score (nSPS) is 13.4. The molecule has 0 radical (unpaired) electrons. The Kier molecular flexibility index (Phi) is 5.53. The molecule has 0 aromatic heterocycles. The molecule has 1 aromatic carbocycles. The molecule has 1 atom stereocenters. The van der Waals surface area contributed by atoms with Crippen molar-refractivity contribution in [2.75, 3.05) is 18.9 Å². The van der Waals surface area contributed by atoms with Crippen molar-refractivity contribution < 1.29 is 9.59 Å². The lowest BCUT2D eigenvalue weighted by molar-refractivity contribution is -0.124. The van der Waals surface area contributed by atoms with Gasteiger partial charge in [0.2, 0.25) is 5.91 Å². The summed E-state index contributed by atoms with van der Waals surface area (Å²) in [5.74, 6) is -0.476. The van der Waals surface area contributed by atoms with Gasteiger partial charge < -0.3 is 16.4 Å². The maximum absolute atomic E-state index is 12.2. The number of nitrogens with two attached hydrogens (primary N) is 1. The summed E-state index contributed by atoms with van der Waals surface area (Å²) in [6.07, 6.45) is 0.630. The second kappa shape index (κ2) is 6.72. The minimum absolute atomic E-state index is 0.173. The van der Waals surface area contributed by atoms with Crippen LogP contribution in [0.4, 0.5) is 5.69 Å². The molecule has 0 aliphatic carbocycles. The lowest BCUT2D eigenvalue weighted by Crippen LogP contribution is -2.39. The summed E-state index contributed by atoms with van der Waals surface area (Å²) in [7, 11) is 1.52. The monoisotopic (exact) mass is 297 g/mol. The highest BCUT2D eigenvalue weighted by Gasteiger charge is 2.29. The number of hydrogen-bond acceptors (Lipinski definition) is 3. The van der Waals surface area contributed by atoms with Crippen molar-refractivity contribution >= 4 is 29.1 Å². The average molecular weight is 298 g/mol. The second-order valence-corrected chi connectivity index (χ2v) is 5.25. The van der Waals surface area contributed by atoms with E-state index in [9.17, 15) is 9.59 Å². The Morgan fingerprint density at radius 2 is 2.05 bits per heavy atom. The Hall–Kier alpha value is -1.59. The van der Waals surface area contributed by atoms with Gasteiger partial charge in [0.25, 0.3) is 5.91 Å². The van der Waals surface area contributed by atoms with Crippen molar-refractivity contribution in [2.24, 2.45) is 11.1 Å². The highest BCUT2D eigenvalue weighted by molar-refractivity contribution is 6.34. The van der Waals surface area contributed by atoms with Crippen molar-refractivity contribution in [3.63, 3.8) is 0 Å². The van der Waals surface area contributed by atoms with Gasteiger partial charge in [-0.05, 0) is 31.5 Å². The van der Waals surface area contributed by atoms with E-state index in [1.807, 2.05) is 6.92 Å². The van der Waals surface area contributed by atoms with E-state index in [1.165, 1.54) is 7.05 Å². The van der Waals surface area contributed by atoms with E-state index < -0.39 is 5.41 Å². The first-order valence-corrected chi connectivity index (χ1v) is 6.79. The van der Waals surface area contributed by atoms with Crippen LogP contribution in [0.5, 0.6) is 0 Å². The van der Waals surface area contributed by atoms with Crippen LogP contribution in [0.3, 0.4) is 0 Å². The minimum Gasteiger partial charge on any atom is -0.355 e. The number of nitrogens with one attached hydrogen (secondary N) is 2. The topological polar surface area (TPSA) is 84.2 Å². The van der Waals surface area contributed by atoms with Crippen LogP contribution < -0.4 is 16.4 Å². The van der Waals surface area contributed by atoms with E-state index in [2.05, 4.69) is 10.6 Å². The number of benzene rings is 1. The van der Waals surface area contributed by atoms with Crippen LogP contribution in [-0.4, -0.2) is 25.4 Å². The lowest BCUT2D eigenvalue weighted by atomic mass is 9.86. The van der Waals surface area contributed by atoms with E-state index in [4.69, 9.17) is 17.3 Å². The molecule has 1 aromatic rings. The molecule has 1 unspecified atom stereocenters. The quantitative estimate of drug-likeness (QED) is 0.777. The largest absolute Gasteiger partial charge is 0.355 e. The van der Waals surface area contributed by atoms with Crippen LogP contribution in [-0.2, 0) is 4.79 Å². The molecule has 0 heterocycles. The number of anilines is 1. The summed E-state index contributed by atoms with van der Waals surface area (Å²) < 4.78 is 0. The maximum Gasteiger partial charge on any atom is 0.252 e. The summed E-state index contributed by atoms with van der Waals surface area (Å²) >= 11 is 5.96. The third-order valence-corrected chi connectivity index (χ3v) is 3.80. The molecule has 2 amide bonds. The summed E-state index contributed by atoms with van der Waals surface area (Å²) in [6, 6.07) is 4.78. The van der Waals surface area contributed by atoms with E-state index >= 15 is 0 Å². The molecule has 0 fully saturated rings. The number of amides is 2. The predicted octanol–water partition coefficient (Wildman–Crippen LogP) is 2.01. The van der Waals surface area contributed by atoms with Gasteiger partial charge in [0.15, 0.2) is 0 Å². The fraction of sp³-hybridized carbons (Fsp3) is 0.429. The number of carbonyl (C=O) groups is 2. The maximum atomic E-state index is 12.2. The molecule has 0 bridgehead atoms. The SMILES string of the molecule is CCC(C)(CN)C(=O)Nc1ccc(Cl)c(C(=O)NC)c1.